The maximum absolute atomic E-state index is 5.99. The molecule has 6 nitrogen and oxygen atoms in total. The lowest BCUT2D eigenvalue weighted by molar-refractivity contribution is -0.178. The van der Waals surface area contributed by atoms with Crippen LogP contribution in [0, 0.1) is 13.8 Å². The third-order valence-corrected chi connectivity index (χ3v) is 4.83. The van der Waals surface area contributed by atoms with Crippen molar-refractivity contribution in [3.63, 3.8) is 0 Å². The number of aromatic nitrogens is 3. The molecular formula is C18H24N4O2. The Morgan fingerprint density at radius 2 is 2.00 bits per heavy atom. The number of piperidine rings is 1. The van der Waals surface area contributed by atoms with Crippen LogP contribution in [0.25, 0.3) is 5.69 Å². The minimum absolute atomic E-state index is 0.203. The van der Waals surface area contributed by atoms with Gasteiger partial charge in [-0.3, -0.25) is 0 Å². The van der Waals surface area contributed by atoms with Crippen LogP contribution in [0.3, 0.4) is 0 Å². The second-order valence-electron chi connectivity index (χ2n) is 6.85. The minimum atomic E-state index is -0.362. The van der Waals surface area contributed by atoms with Gasteiger partial charge in [0, 0.05) is 31.6 Å². The molecule has 0 N–H and O–H groups in total. The summed E-state index contributed by atoms with van der Waals surface area (Å²) in [5, 5.41) is 4.51. The fraction of sp³-hybridized carbons (Fsp3) is 0.556. The standard InChI is InChI=1S/C18H24N4O2/c1-13-10-14(2)22(20-13)16-4-5-17(19-11-16)21-8-6-18(7-9-21)23-12-15(3)24-18/h4-5,10-11,15H,6-9,12H2,1-3H3/t15-/m0/s1. The van der Waals surface area contributed by atoms with Crippen molar-refractivity contribution in [2.24, 2.45) is 0 Å². The van der Waals surface area contributed by atoms with Crippen molar-refractivity contribution in [1.82, 2.24) is 14.8 Å². The first-order chi connectivity index (χ1) is 11.5. The van der Waals surface area contributed by atoms with E-state index < -0.39 is 0 Å². The summed E-state index contributed by atoms with van der Waals surface area (Å²) in [5.74, 6) is 0.640. The summed E-state index contributed by atoms with van der Waals surface area (Å²) in [6, 6.07) is 6.22. The Balaban J connectivity index is 1.45. The quantitative estimate of drug-likeness (QED) is 0.848. The summed E-state index contributed by atoms with van der Waals surface area (Å²) in [7, 11) is 0. The number of hydrogen-bond donors (Lipinski definition) is 0. The molecule has 4 heterocycles. The Morgan fingerprint density at radius 3 is 2.54 bits per heavy atom. The fourth-order valence-electron chi connectivity index (χ4n) is 3.62. The van der Waals surface area contributed by atoms with Gasteiger partial charge in [-0.25, -0.2) is 9.67 Å². The van der Waals surface area contributed by atoms with E-state index in [2.05, 4.69) is 47.0 Å². The molecule has 0 unspecified atom stereocenters. The van der Waals surface area contributed by atoms with Crippen molar-refractivity contribution < 1.29 is 9.47 Å². The highest BCUT2D eigenvalue weighted by Gasteiger charge is 2.42. The predicted octanol–water partition coefficient (Wildman–Crippen LogP) is 2.62. The van der Waals surface area contributed by atoms with Gasteiger partial charge in [-0.15, -0.1) is 0 Å². The Kier molecular flexibility index (Phi) is 3.81. The molecule has 2 aliphatic heterocycles. The van der Waals surface area contributed by atoms with Gasteiger partial charge in [0.15, 0.2) is 5.79 Å². The highest BCUT2D eigenvalue weighted by molar-refractivity contribution is 5.44. The van der Waals surface area contributed by atoms with Gasteiger partial charge in [-0.2, -0.15) is 5.10 Å². The predicted molar refractivity (Wildman–Crippen MR) is 91.5 cm³/mol. The van der Waals surface area contributed by atoms with Crippen molar-refractivity contribution >= 4 is 5.82 Å². The van der Waals surface area contributed by atoms with E-state index in [1.807, 2.05) is 17.8 Å². The van der Waals surface area contributed by atoms with Gasteiger partial charge in [-0.05, 0) is 39.0 Å². The fourth-order valence-corrected chi connectivity index (χ4v) is 3.62. The Labute approximate surface area is 142 Å². The van der Waals surface area contributed by atoms with Gasteiger partial charge < -0.3 is 14.4 Å². The molecule has 2 aromatic heterocycles. The third-order valence-electron chi connectivity index (χ3n) is 4.83. The van der Waals surface area contributed by atoms with Crippen molar-refractivity contribution in [2.45, 2.75) is 45.5 Å². The van der Waals surface area contributed by atoms with Crippen LogP contribution in [-0.2, 0) is 9.47 Å². The number of ether oxygens (including phenoxy) is 2. The lowest BCUT2D eigenvalue weighted by Gasteiger charge is -2.38. The molecule has 4 rings (SSSR count). The van der Waals surface area contributed by atoms with Crippen LogP contribution in [0.5, 0.6) is 0 Å². The van der Waals surface area contributed by atoms with Gasteiger partial charge in [-0.1, -0.05) is 0 Å². The highest BCUT2D eigenvalue weighted by Crippen LogP contribution is 2.35. The number of pyridine rings is 1. The van der Waals surface area contributed by atoms with E-state index in [0.717, 1.165) is 48.8 Å². The van der Waals surface area contributed by atoms with Crippen LogP contribution < -0.4 is 4.90 Å². The summed E-state index contributed by atoms with van der Waals surface area (Å²) < 4.78 is 13.8. The average Bonchev–Trinajstić information content (AvgIpc) is 3.11. The SMILES string of the molecule is Cc1cc(C)n(-c2ccc(N3CCC4(CC3)OC[C@H](C)O4)nc2)n1. The number of rotatable bonds is 2. The van der Waals surface area contributed by atoms with Crippen molar-refractivity contribution in [1.29, 1.82) is 0 Å². The maximum atomic E-state index is 5.99. The number of anilines is 1. The number of aryl methyl sites for hydroxylation is 2. The van der Waals surface area contributed by atoms with E-state index in [9.17, 15) is 0 Å². The molecule has 0 saturated carbocycles. The summed E-state index contributed by atoms with van der Waals surface area (Å²) in [5.41, 5.74) is 3.13. The monoisotopic (exact) mass is 328 g/mol. The van der Waals surface area contributed by atoms with E-state index in [4.69, 9.17) is 9.47 Å². The molecule has 0 aliphatic carbocycles. The summed E-state index contributed by atoms with van der Waals surface area (Å²) in [6.07, 6.45) is 3.87. The van der Waals surface area contributed by atoms with E-state index in [-0.39, 0.29) is 11.9 Å². The lowest BCUT2D eigenvalue weighted by Crippen LogP contribution is -2.45. The van der Waals surface area contributed by atoms with Gasteiger partial charge in [0.2, 0.25) is 0 Å². The summed E-state index contributed by atoms with van der Waals surface area (Å²) in [4.78, 5) is 6.94. The zero-order valence-electron chi connectivity index (χ0n) is 14.5. The van der Waals surface area contributed by atoms with Crippen LogP contribution in [0.15, 0.2) is 24.4 Å². The molecule has 2 aliphatic rings. The Hall–Kier alpha value is -1.92. The average molecular weight is 328 g/mol. The molecule has 0 bridgehead atoms. The van der Waals surface area contributed by atoms with Crippen molar-refractivity contribution in [2.75, 3.05) is 24.6 Å². The highest BCUT2D eigenvalue weighted by atomic mass is 16.7. The molecule has 1 atom stereocenters. The molecule has 6 heteroatoms. The first-order valence-corrected chi connectivity index (χ1v) is 8.61. The normalized spacial score (nSPS) is 23.1. The molecule has 0 amide bonds. The van der Waals surface area contributed by atoms with E-state index >= 15 is 0 Å². The summed E-state index contributed by atoms with van der Waals surface area (Å²) >= 11 is 0. The van der Waals surface area contributed by atoms with Gasteiger partial charge in [0.25, 0.3) is 0 Å². The van der Waals surface area contributed by atoms with Gasteiger partial charge in [0.1, 0.15) is 5.82 Å². The maximum Gasteiger partial charge on any atom is 0.172 e. The minimum Gasteiger partial charge on any atom is -0.356 e. The van der Waals surface area contributed by atoms with Crippen molar-refractivity contribution in [3.05, 3.63) is 35.8 Å². The van der Waals surface area contributed by atoms with Gasteiger partial charge >= 0.3 is 0 Å². The smallest absolute Gasteiger partial charge is 0.172 e. The largest absolute Gasteiger partial charge is 0.356 e. The molecule has 0 radical (unpaired) electrons. The molecular weight excluding hydrogens is 304 g/mol. The van der Waals surface area contributed by atoms with Crippen LogP contribution in [0.1, 0.15) is 31.2 Å². The molecule has 1 spiro atoms. The number of nitrogens with zero attached hydrogens (tertiary/aromatic N) is 4. The topological polar surface area (TPSA) is 52.4 Å². The van der Waals surface area contributed by atoms with Gasteiger partial charge in [0.05, 0.1) is 30.3 Å². The first-order valence-electron chi connectivity index (χ1n) is 8.61. The second-order valence-corrected chi connectivity index (χ2v) is 6.85. The molecule has 2 aromatic rings. The molecule has 2 saturated heterocycles. The molecule has 128 valence electrons. The van der Waals surface area contributed by atoms with Crippen LogP contribution in [0.4, 0.5) is 5.82 Å². The zero-order valence-corrected chi connectivity index (χ0v) is 14.5. The van der Waals surface area contributed by atoms with Crippen LogP contribution in [-0.4, -0.2) is 46.4 Å². The van der Waals surface area contributed by atoms with E-state index in [1.165, 1.54) is 0 Å². The van der Waals surface area contributed by atoms with Crippen LogP contribution >= 0.6 is 0 Å². The molecule has 0 aromatic carbocycles. The van der Waals surface area contributed by atoms with Crippen LogP contribution in [0.2, 0.25) is 0 Å². The molecule has 2 fully saturated rings. The summed E-state index contributed by atoms with van der Waals surface area (Å²) in [6.45, 7) is 8.64. The first kappa shape index (κ1) is 15.6. The Morgan fingerprint density at radius 1 is 1.21 bits per heavy atom. The molecule has 24 heavy (non-hydrogen) atoms. The zero-order chi connectivity index (χ0) is 16.7. The lowest BCUT2D eigenvalue weighted by atomic mass is 10.0. The number of hydrogen-bond acceptors (Lipinski definition) is 5. The van der Waals surface area contributed by atoms with E-state index in [0.29, 0.717) is 6.61 Å². The Bertz CT molecular complexity index is 717. The van der Waals surface area contributed by atoms with Crippen molar-refractivity contribution in [3.8, 4) is 5.69 Å². The third kappa shape index (κ3) is 2.80. The van der Waals surface area contributed by atoms with E-state index in [1.54, 1.807) is 0 Å². The second kappa shape index (κ2) is 5.86.